The minimum Gasteiger partial charge on any atom is -0.371 e. The number of hydrogen-bond donors (Lipinski definition) is 0. The van der Waals surface area contributed by atoms with Crippen LogP contribution in [-0.4, -0.2) is 24.1 Å². The molecule has 0 radical (unpaired) electrons. The summed E-state index contributed by atoms with van der Waals surface area (Å²) >= 11 is 3.65. The average molecular weight is 381 g/mol. The van der Waals surface area contributed by atoms with Crippen molar-refractivity contribution in [1.29, 1.82) is 0 Å². The molecule has 2 aliphatic rings. The Bertz CT molecular complexity index is 649. The Morgan fingerprint density at radius 1 is 1.05 bits per heavy atom. The number of likely N-dealkylation sites (tertiary alicyclic amines) is 1. The number of fused-ring (bicyclic) bond motifs is 3. The van der Waals surface area contributed by atoms with E-state index < -0.39 is 0 Å². The first-order valence-corrected chi connectivity index (χ1v) is 8.26. The lowest BCUT2D eigenvalue weighted by Crippen LogP contribution is -2.27. The molecule has 1 fully saturated rings. The average Bonchev–Trinajstić information content (AvgIpc) is 2.91. The van der Waals surface area contributed by atoms with Gasteiger partial charge in [0, 0.05) is 30.0 Å². The molecule has 2 aromatic rings. The molecule has 0 bridgehead atoms. The van der Waals surface area contributed by atoms with Gasteiger partial charge in [0.05, 0.1) is 12.7 Å². The van der Waals surface area contributed by atoms with Crippen LogP contribution in [-0.2, 0) is 17.9 Å². The van der Waals surface area contributed by atoms with E-state index in [4.69, 9.17) is 4.74 Å². The minimum atomic E-state index is 0. The van der Waals surface area contributed by atoms with Crippen molar-refractivity contribution in [2.45, 2.75) is 25.2 Å². The van der Waals surface area contributed by atoms with Gasteiger partial charge >= 0.3 is 0 Å². The molecular formula is C18H19BrClNO. The summed E-state index contributed by atoms with van der Waals surface area (Å²) in [6.07, 6.45) is 0.343. The zero-order valence-electron chi connectivity index (χ0n) is 12.2. The lowest BCUT2D eigenvalue weighted by atomic mass is 9.90. The van der Waals surface area contributed by atoms with Crippen molar-refractivity contribution in [3.63, 3.8) is 0 Å². The fraction of sp³-hybridized carbons (Fsp3) is 0.333. The fourth-order valence-electron chi connectivity index (χ4n) is 3.56. The number of benzene rings is 2. The fourth-order valence-corrected chi connectivity index (χ4v) is 4.05. The van der Waals surface area contributed by atoms with E-state index in [2.05, 4.69) is 69.4 Å². The van der Waals surface area contributed by atoms with Gasteiger partial charge in [-0.1, -0.05) is 58.4 Å². The molecule has 2 heterocycles. The molecule has 0 spiro atoms. The van der Waals surface area contributed by atoms with E-state index in [1.54, 1.807) is 0 Å². The molecule has 2 aromatic carbocycles. The molecular weight excluding hydrogens is 362 g/mol. The second-order valence-electron chi connectivity index (χ2n) is 5.94. The molecule has 1 saturated heterocycles. The van der Waals surface area contributed by atoms with Crippen LogP contribution in [0.1, 0.15) is 22.6 Å². The summed E-state index contributed by atoms with van der Waals surface area (Å²) in [5.74, 6) is 0.509. The number of nitrogens with zero attached hydrogens (tertiary/aromatic N) is 1. The standard InChI is InChI=1S/C18H18BrNO.ClH/c19-17-8-4-7-14-15-10-20(9-13-5-2-1-3-6-13)11-18(15)21-12-16(14)17;/h1-8,15,18H,9-12H2;1H/t15-,18-;/m0./s1. The number of ether oxygens (including phenoxy) is 1. The lowest BCUT2D eigenvalue weighted by Gasteiger charge is -2.28. The van der Waals surface area contributed by atoms with E-state index in [-0.39, 0.29) is 12.4 Å². The van der Waals surface area contributed by atoms with Crippen LogP contribution in [0.3, 0.4) is 0 Å². The second-order valence-corrected chi connectivity index (χ2v) is 6.80. The molecule has 4 rings (SSSR count). The second kappa shape index (κ2) is 6.71. The third-order valence-electron chi connectivity index (χ3n) is 4.59. The van der Waals surface area contributed by atoms with Crippen LogP contribution in [0.5, 0.6) is 0 Å². The highest BCUT2D eigenvalue weighted by molar-refractivity contribution is 9.10. The summed E-state index contributed by atoms with van der Waals surface area (Å²) < 4.78 is 7.29. The van der Waals surface area contributed by atoms with Crippen molar-refractivity contribution in [3.8, 4) is 0 Å². The zero-order chi connectivity index (χ0) is 14.2. The van der Waals surface area contributed by atoms with Crippen LogP contribution in [0.2, 0.25) is 0 Å². The van der Waals surface area contributed by atoms with E-state index in [9.17, 15) is 0 Å². The highest BCUT2D eigenvalue weighted by Gasteiger charge is 2.38. The third kappa shape index (κ3) is 2.95. The summed E-state index contributed by atoms with van der Waals surface area (Å²) in [6, 6.07) is 17.2. The molecule has 0 N–H and O–H groups in total. The predicted molar refractivity (Wildman–Crippen MR) is 94.4 cm³/mol. The molecule has 2 aliphatic heterocycles. The van der Waals surface area contributed by atoms with Gasteiger partial charge in [0.25, 0.3) is 0 Å². The maximum Gasteiger partial charge on any atom is 0.0787 e. The van der Waals surface area contributed by atoms with Crippen molar-refractivity contribution in [3.05, 3.63) is 69.7 Å². The number of hydrogen-bond acceptors (Lipinski definition) is 2. The van der Waals surface area contributed by atoms with Gasteiger partial charge in [-0.3, -0.25) is 4.90 Å². The smallest absolute Gasteiger partial charge is 0.0787 e. The van der Waals surface area contributed by atoms with Crippen LogP contribution in [0.15, 0.2) is 53.0 Å². The Hall–Kier alpha value is -0.870. The lowest BCUT2D eigenvalue weighted by molar-refractivity contribution is 0.0245. The number of halogens is 2. The van der Waals surface area contributed by atoms with Crippen LogP contribution in [0.25, 0.3) is 0 Å². The highest BCUT2D eigenvalue weighted by atomic mass is 79.9. The van der Waals surface area contributed by atoms with E-state index in [0.717, 1.165) is 26.2 Å². The van der Waals surface area contributed by atoms with Crippen LogP contribution in [0.4, 0.5) is 0 Å². The number of rotatable bonds is 2. The molecule has 0 aliphatic carbocycles. The Morgan fingerprint density at radius 3 is 2.68 bits per heavy atom. The normalized spacial score (nSPS) is 23.5. The van der Waals surface area contributed by atoms with E-state index >= 15 is 0 Å². The molecule has 0 saturated carbocycles. The predicted octanol–water partition coefficient (Wildman–Crippen LogP) is 4.37. The van der Waals surface area contributed by atoms with Crippen molar-refractivity contribution in [1.82, 2.24) is 4.90 Å². The van der Waals surface area contributed by atoms with Gasteiger partial charge < -0.3 is 4.74 Å². The van der Waals surface area contributed by atoms with Gasteiger partial charge in [0.1, 0.15) is 0 Å². The molecule has 0 unspecified atom stereocenters. The molecule has 0 amide bonds. The summed E-state index contributed by atoms with van der Waals surface area (Å²) in [7, 11) is 0. The zero-order valence-corrected chi connectivity index (χ0v) is 14.6. The van der Waals surface area contributed by atoms with E-state index in [1.165, 1.54) is 21.2 Å². The third-order valence-corrected chi connectivity index (χ3v) is 5.33. The molecule has 4 heteroatoms. The molecule has 2 nitrogen and oxygen atoms in total. The topological polar surface area (TPSA) is 12.5 Å². The van der Waals surface area contributed by atoms with Gasteiger partial charge in [-0.2, -0.15) is 0 Å². The Kier molecular flexibility index (Phi) is 4.88. The van der Waals surface area contributed by atoms with Crippen LogP contribution >= 0.6 is 28.3 Å². The highest BCUT2D eigenvalue weighted by Crippen LogP contribution is 2.39. The quantitative estimate of drug-likeness (QED) is 0.767. The maximum absolute atomic E-state index is 6.11. The molecule has 0 aromatic heterocycles. The summed E-state index contributed by atoms with van der Waals surface area (Å²) in [5.41, 5.74) is 4.18. The summed E-state index contributed by atoms with van der Waals surface area (Å²) in [4.78, 5) is 2.51. The summed E-state index contributed by atoms with van der Waals surface area (Å²) in [6.45, 7) is 3.87. The Morgan fingerprint density at radius 2 is 1.86 bits per heavy atom. The van der Waals surface area contributed by atoms with Gasteiger partial charge in [0.15, 0.2) is 0 Å². The SMILES string of the molecule is Brc1cccc2c1CO[C@H]1CN(Cc3ccccc3)C[C@@H]21.Cl. The Balaban J connectivity index is 0.00000144. The Labute approximate surface area is 146 Å². The first kappa shape index (κ1) is 16.0. The largest absolute Gasteiger partial charge is 0.371 e. The van der Waals surface area contributed by atoms with Crippen molar-refractivity contribution < 1.29 is 4.74 Å². The van der Waals surface area contributed by atoms with Crippen molar-refractivity contribution in [2.75, 3.05) is 13.1 Å². The van der Waals surface area contributed by atoms with Crippen molar-refractivity contribution in [2.24, 2.45) is 0 Å². The maximum atomic E-state index is 6.11. The van der Waals surface area contributed by atoms with E-state index in [1.807, 2.05) is 0 Å². The van der Waals surface area contributed by atoms with Crippen LogP contribution < -0.4 is 0 Å². The molecule has 2 atom stereocenters. The van der Waals surface area contributed by atoms with E-state index in [0.29, 0.717) is 12.0 Å². The van der Waals surface area contributed by atoms with Gasteiger partial charge in [-0.15, -0.1) is 12.4 Å². The molecule has 22 heavy (non-hydrogen) atoms. The monoisotopic (exact) mass is 379 g/mol. The van der Waals surface area contributed by atoms with Crippen molar-refractivity contribution >= 4 is 28.3 Å². The summed E-state index contributed by atoms with van der Waals surface area (Å²) in [5, 5.41) is 0. The minimum absolute atomic E-state index is 0. The first-order chi connectivity index (χ1) is 10.3. The van der Waals surface area contributed by atoms with Gasteiger partial charge in [0.2, 0.25) is 0 Å². The van der Waals surface area contributed by atoms with Gasteiger partial charge in [-0.05, 0) is 22.8 Å². The molecule has 116 valence electrons. The van der Waals surface area contributed by atoms with Crippen LogP contribution in [0, 0.1) is 0 Å². The first-order valence-electron chi connectivity index (χ1n) is 7.46. The van der Waals surface area contributed by atoms with Gasteiger partial charge in [-0.25, -0.2) is 0 Å².